The summed E-state index contributed by atoms with van der Waals surface area (Å²) < 4.78 is 6.57. The number of amides is 2. The Kier molecular flexibility index (Phi) is 10.9. The molecule has 0 spiro atoms. The van der Waals surface area contributed by atoms with Crippen molar-refractivity contribution in [3.05, 3.63) is 27.7 Å². The number of hydrogen-bond acceptors (Lipinski definition) is 2. The molecule has 0 saturated carbocycles. The van der Waals surface area contributed by atoms with Gasteiger partial charge in [0.15, 0.2) is 0 Å². The highest BCUT2D eigenvalue weighted by atomic mass is 79.9. The van der Waals surface area contributed by atoms with Crippen LogP contribution >= 0.6 is 27.5 Å². The van der Waals surface area contributed by atoms with Crippen LogP contribution in [0.4, 0.5) is 4.79 Å². The van der Waals surface area contributed by atoms with Gasteiger partial charge in [0.25, 0.3) is 0 Å². The zero-order chi connectivity index (χ0) is 17.8. The number of rotatable bonds is 11. The van der Waals surface area contributed by atoms with Gasteiger partial charge < -0.3 is 15.0 Å². The monoisotopic (exact) mass is 418 g/mol. The lowest BCUT2D eigenvalue weighted by Gasteiger charge is -2.22. The second kappa shape index (κ2) is 12.4. The molecule has 1 aromatic rings. The molecule has 1 N–H and O–H groups in total. The van der Waals surface area contributed by atoms with Crippen LogP contribution in [0.25, 0.3) is 0 Å². The Balaban J connectivity index is 2.27. The van der Waals surface area contributed by atoms with Crippen LogP contribution in [0.2, 0.25) is 5.02 Å². The molecular weight excluding hydrogens is 392 g/mol. The molecule has 24 heavy (non-hydrogen) atoms. The maximum Gasteiger partial charge on any atom is 0.317 e. The maximum absolute atomic E-state index is 12.2. The third-order valence-corrected chi connectivity index (χ3v) is 4.39. The lowest BCUT2D eigenvalue weighted by atomic mass is 10.3. The normalized spacial score (nSPS) is 10.5. The third kappa shape index (κ3) is 8.25. The molecule has 0 aliphatic rings. The summed E-state index contributed by atoms with van der Waals surface area (Å²) in [5.74, 6) is 0.665. The maximum atomic E-state index is 12.2. The highest BCUT2D eigenvalue weighted by Gasteiger charge is 2.11. The fourth-order valence-electron chi connectivity index (χ4n) is 2.17. The molecule has 4 nitrogen and oxygen atoms in total. The summed E-state index contributed by atoms with van der Waals surface area (Å²) in [6.45, 7) is 7.05. The van der Waals surface area contributed by atoms with E-state index in [1.165, 1.54) is 0 Å². The summed E-state index contributed by atoms with van der Waals surface area (Å²) in [7, 11) is 0. The highest BCUT2D eigenvalue weighted by molar-refractivity contribution is 9.10. The topological polar surface area (TPSA) is 41.6 Å². The number of benzene rings is 1. The van der Waals surface area contributed by atoms with Crippen molar-refractivity contribution in [3.8, 4) is 5.75 Å². The number of carbonyl (C=O) groups excluding carboxylic acids is 1. The summed E-state index contributed by atoms with van der Waals surface area (Å²) >= 11 is 9.46. The van der Waals surface area contributed by atoms with Gasteiger partial charge in [-0.2, -0.15) is 0 Å². The Labute approximate surface area is 159 Å². The van der Waals surface area contributed by atoms with E-state index in [2.05, 4.69) is 35.1 Å². The average molecular weight is 420 g/mol. The predicted octanol–water partition coefficient (Wildman–Crippen LogP) is 5.48. The van der Waals surface area contributed by atoms with Crippen LogP contribution < -0.4 is 10.1 Å². The zero-order valence-electron chi connectivity index (χ0n) is 14.6. The first-order chi connectivity index (χ1) is 11.6. The van der Waals surface area contributed by atoms with Gasteiger partial charge >= 0.3 is 6.03 Å². The second-order valence-electron chi connectivity index (χ2n) is 5.70. The van der Waals surface area contributed by atoms with Crippen LogP contribution in [0.5, 0.6) is 5.75 Å². The standard InChI is InChI=1S/C18H28BrClN2O2/c1-3-5-11-22(12-6-4-2)18(23)21-10-7-13-24-17-9-8-15(19)14-16(17)20/h8-9,14H,3-7,10-13H2,1-2H3,(H,21,23). The summed E-state index contributed by atoms with van der Waals surface area (Å²) in [6, 6.07) is 5.56. The average Bonchev–Trinajstić information content (AvgIpc) is 2.56. The van der Waals surface area contributed by atoms with E-state index in [0.29, 0.717) is 23.9 Å². The summed E-state index contributed by atoms with van der Waals surface area (Å²) in [5.41, 5.74) is 0. The van der Waals surface area contributed by atoms with Gasteiger partial charge in [-0.15, -0.1) is 0 Å². The molecule has 0 radical (unpaired) electrons. The fourth-order valence-corrected chi connectivity index (χ4v) is 2.89. The first kappa shape index (κ1) is 21.1. The van der Waals surface area contributed by atoms with Gasteiger partial charge in [-0.05, 0) is 37.5 Å². The van der Waals surface area contributed by atoms with E-state index in [0.717, 1.165) is 49.7 Å². The van der Waals surface area contributed by atoms with E-state index < -0.39 is 0 Å². The van der Waals surface area contributed by atoms with E-state index >= 15 is 0 Å². The molecule has 136 valence electrons. The molecule has 0 atom stereocenters. The lowest BCUT2D eigenvalue weighted by molar-refractivity contribution is 0.195. The van der Waals surface area contributed by atoms with Crippen molar-refractivity contribution in [2.45, 2.75) is 46.0 Å². The number of nitrogens with one attached hydrogen (secondary N) is 1. The van der Waals surface area contributed by atoms with Gasteiger partial charge in [0, 0.05) is 24.1 Å². The van der Waals surface area contributed by atoms with Crippen LogP contribution in [0.3, 0.4) is 0 Å². The molecule has 1 aromatic carbocycles. The minimum Gasteiger partial charge on any atom is -0.492 e. The number of urea groups is 1. The molecule has 0 aliphatic heterocycles. The van der Waals surface area contributed by atoms with E-state index in [1.54, 1.807) is 6.07 Å². The Hall–Kier alpha value is -0.940. The first-order valence-corrected chi connectivity index (χ1v) is 9.86. The number of carbonyl (C=O) groups is 1. The van der Waals surface area contributed by atoms with E-state index in [1.807, 2.05) is 17.0 Å². The fraction of sp³-hybridized carbons (Fsp3) is 0.611. The minimum absolute atomic E-state index is 0.0265. The van der Waals surface area contributed by atoms with Crippen LogP contribution in [-0.2, 0) is 0 Å². The largest absolute Gasteiger partial charge is 0.492 e. The van der Waals surface area contributed by atoms with Crippen LogP contribution in [-0.4, -0.2) is 37.2 Å². The van der Waals surface area contributed by atoms with Crippen LogP contribution in [0.15, 0.2) is 22.7 Å². The Morgan fingerprint density at radius 1 is 1.21 bits per heavy atom. The van der Waals surface area contributed by atoms with Gasteiger partial charge in [-0.25, -0.2) is 4.79 Å². The van der Waals surface area contributed by atoms with Crippen molar-refractivity contribution in [1.82, 2.24) is 10.2 Å². The molecular formula is C18H28BrClN2O2. The van der Waals surface area contributed by atoms with Crippen LogP contribution in [0, 0.1) is 0 Å². The Bertz CT molecular complexity index is 492. The molecule has 1 rings (SSSR count). The van der Waals surface area contributed by atoms with Gasteiger partial charge in [0.1, 0.15) is 5.75 Å². The van der Waals surface area contributed by atoms with Crippen molar-refractivity contribution >= 4 is 33.6 Å². The molecule has 0 heterocycles. The SMILES string of the molecule is CCCCN(CCCC)C(=O)NCCCOc1ccc(Br)cc1Cl. The molecule has 2 amide bonds. The van der Waals surface area contributed by atoms with Crippen molar-refractivity contribution in [2.75, 3.05) is 26.2 Å². The van der Waals surface area contributed by atoms with Crippen molar-refractivity contribution in [1.29, 1.82) is 0 Å². The Morgan fingerprint density at radius 2 is 1.88 bits per heavy atom. The summed E-state index contributed by atoms with van der Waals surface area (Å²) in [4.78, 5) is 14.1. The van der Waals surface area contributed by atoms with Gasteiger partial charge in [-0.3, -0.25) is 0 Å². The molecule has 0 saturated heterocycles. The Morgan fingerprint density at radius 3 is 2.46 bits per heavy atom. The van der Waals surface area contributed by atoms with E-state index in [9.17, 15) is 4.79 Å². The quantitative estimate of drug-likeness (QED) is 0.482. The van der Waals surface area contributed by atoms with Gasteiger partial charge in [0.05, 0.1) is 11.6 Å². The third-order valence-electron chi connectivity index (χ3n) is 3.60. The van der Waals surface area contributed by atoms with E-state index in [4.69, 9.17) is 16.3 Å². The molecule has 0 unspecified atom stereocenters. The molecule has 6 heteroatoms. The van der Waals surface area contributed by atoms with E-state index in [-0.39, 0.29) is 6.03 Å². The zero-order valence-corrected chi connectivity index (χ0v) is 17.0. The predicted molar refractivity (Wildman–Crippen MR) is 104 cm³/mol. The number of ether oxygens (including phenoxy) is 1. The van der Waals surface area contributed by atoms with Gasteiger partial charge in [-0.1, -0.05) is 54.2 Å². The highest BCUT2D eigenvalue weighted by Crippen LogP contribution is 2.27. The van der Waals surface area contributed by atoms with Crippen molar-refractivity contribution < 1.29 is 9.53 Å². The van der Waals surface area contributed by atoms with Crippen molar-refractivity contribution in [3.63, 3.8) is 0 Å². The number of nitrogens with zero attached hydrogens (tertiary/aromatic N) is 1. The molecule has 0 aromatic heterocycles. The van der Waals surface area contributed by atoms with Crippen LogP contribution in [0.1, 0.15) is 46.0 Å². The second-order valence-corrected chi connectivity index (χ2v) is 7.03. The first-order valence-electron chi connectivity index (χ1n) is 8.69. The minimum atomic E-state index is 0.0265. The lowest BCUT2D eigenvalue weighted by Crippen LogP contribution is -2.41. The smallest absolute Gasteiger partial charge is 0.317 e. The molecule has 0 aliphatic carbocycles. The summed E-state index contributed by atoms with van der Waals surface area (Å²) in [5, 5.41) is 3.56. The summed E-state index contributed by atoms with van der Waals surface area (Å²) in [6.07, 6.45) is 5.02. The van der Waals surface area contributed by atoms with Crippen molar-refractivity contribution in [2.24, 2.45) is 0 Å². The molecule has 0 bridgehead atoms. The number of unbranched alkanes of at least 4 members (excludes halogenated alkanes) is 2. The molecule has 0 fully saturated rings. The number of halogens is 2. The number of hydrogen-bond donors (Lipinski definition) is 1. The van der Waals surface area contributed by atoms with Gasteiger partial charge in [0.2, 0.25) is 0 Å².